The van der Waals surface area contributed by atoms with Gasteiger partial charge in [0.15, 0.2) is 0 Å². The van der Waals surface area contributed by atoms with Crippen molar-refractivity contribution in [2.24, 2.45) is 5.90 Å². The lowest BCUT2D eigenvalue weighted by Gasteiger charge is -2.24. The zero-order valence-electron chi connectivity index (χ0n) is 11.6. The molecule has 0 spiro atoms. The molecule has 1 atom stereocenters. The fourth-order valence-corrected chi connectivity index (χ4v) is 3.17. The largest absolute Gasteiger partial charge is 0.368 e. The van der Waals surface area contributed by atoms with E-state index >= 15 is 0 Å². The van der Waals surface area contributed by atoms with Crippen LogP contribution in [-0.4, -0.2) is 41.1 Å². The van der Waals surface area contributed by atoms with E-state index in [0.717, 1.165) is 11.9 Å². The predicted octanol–water partition coefficient (Wildman–Crippen LogP) is 0.0579. The van der Waals surface area contributed by atoms with E-state index in [2.05, 4.69) is 20.2 Å². The highest BCUT2D eigenvalue weighted by atomic mass is 32.1. The van der Waals surface area contributed by atoms with Crippen molar-refractivity contribution in [2.45, 2.75) is 18.9 Å². The average Bonchev–Trinajstić information content (AvgIpc) is 3.21. The van der Waals surface area contributed by atoms with Crippen molar-refractivity contribution in [3.8, 4) is 0 Å². The van der Waals surface area contributed by atoms with Gasteiger partial charge in [0, 0.05) is 12.0 Å². The molecule has 22 heavy (non-hydrogen) atoms. The summed E-state index contributed by atoms with van der Waals surface area (Å²) in [6.07, 6.45) is 2.38. The maximum Gasteiger partial charge on any atom is 0.275 e. The minimum atomic E-state index is -0.574. The Bertz CT molecular complexity index is 678. The quantitative estimate of drug-likeness (QED) is 0.683. The molecule has 3 rings (SSSR count). The van der Waals surface area contributed by atoms with Crippen LogP contribution in [0.4, 0.5) is 5.00 Å². The number of hydrogen-bond donors (Lipinski definition) is 3. The van der Waals surface area contributed by atoms with E-state index in [4.69, 9.17) is 10.6 Å². The first-order chi connectivity index (χ1) is 10.7. The van der Waals surface area contributed by atoms with Crippen molar-refractivity contribution < 1.29 is 19.2 Å². The Morgan fingerprint density at radius 3 is 3.23 bits per heavy atom. The van der Waals surface area contributed by atoms with Gasteiger partial charge >= 0.3 is 0 Å². The van der Waals surface area contributed by atoms with Gasteiger partial charge in [0.1, 0.15) is 23.2 Å². The van der Waals surface area contributed by atoms with E-state index < -0.39 is 12.0 Å². The number of carbonyl (C=O) groups excluding carboxylic acids is 2. The fourth-order valence-electron chi connectivity index (χ4n) is 2.25. The smallest absolute Gasteiger partial charge is 0.275 e. The standard InChI is InChI=1S/C12H15N5O4S/c13-21-4-9(18)16-17(11(19)8-2-1-3-20-8)12-10-7(5-22-12)14-6-15-10/h5-6,8H,1-4,13H2,(H,14,15)(H,16,18). The van der Waals surface area contributed by atoms with Crippen molar-refractivity contribution in [3.63, 3.8) is 0 Å². The van der Waals surface area contributed by atoms with Gasteiger partial charge in [-0.05, 0) is 12.8 Å². The zero-order chi connectivity index (χ0) is 15.5. The SMILES string of the molecule is NOCC(=O)NN(C(=O)C1CCCO1)c1scc2[nH]cnc12. The van der Waals surface area contributed by atoms with Gasteiger partial charge in [-0.2, -0.15) is 0 Å². The maximum atomic E-state index is 12.6. The summed E-state index contributed by atoms with van der Waals surface area (Å²) in [4.78, 5) is 35.8. The molecule has 118 valence electrons. The third-order valence-electron chi connectivity index (χ3n) is 3.24. The summed E-state index contributed by atoms with van der Waals surface area (Å²) in [6, 6.07) is 0. The van der Waals surface area contributed by atoms with E-state index in [1.807, 2.05) is 5.38 Å². The van der Waals surface area contributed by atoms with Crippen LogP contribution in [0.25, 0.3) is 11.0 Å². The fraction of sp³-hybridized carbons (Fsp3) is 0.417. The van der Waals surface area contributed by atoms with Crippen LogP contribution < -0.4 is 16.3 Å². The van der Waals surface area contributed by atoms with Crippen LogP contribution in [0.2, 0.25) is 0 Å². The van der Waals surface area contributed by atoms with Crippen LogP contribution in [0.1, 0.15) is 12.8 Å². The number of rotatable bonds is 4. The number of nitrogens with two attached hydrogens (primary N) is 1. The second kappa shape index (κ2) is 6.40. The number of amides is 2. The van der Waals surface area contributed by atoms with Gasteiger partial charge in [-0.15, -0.1) is 11.3 Å². The normalized spacial score (nSPS) is 17.8. The minimum Gasteiger partial charge on any atom is -0.368 e. The first-order valence-corrected chi connectivity index (χ1v) is 7.56. The van der Waals surface area contributed by atoms with Crippen molar-refractivity contribution in [2.75, 3.05) is 18.2 Å². The number of imidazole rings is 1. The predicted molar refractivity (Wildman–Crippen MR) is 78.7 cm³/mol. The Kier molecular flexibility index (Phi) is 4.34. The second-order valence-electron chi connectivity index (χ2n) is 4.73. The molecule has 0 aliphatic carbocycles. The highest BCUT2D eigenvalue weighted by Gasteiger charge is 2.32. The lowest BCUT2D eigenvalue weighted by Crippen LogP contribution is -2.51. The lowest BCUT2D eigenvalue weighted by molar-refractivity contribution is -0.133. The molecule has 3 heterocycles. The van der Waals surface area contributed by atoms with Gasteiger partial charge in [0.05, 0.1) is 11.8 Å². The number of hydrazine groups is 1. The molecular formula is C12H15N5O4S. The monoisotopic (exact) mass is 325 g/mol. The number of carbonyl (C=O) groups is 2. The summed E-state index contributed by atoms with van der Waals surface area (Å²) in [5.74, 6) is 4.02. The number of aromatic amines is 1. The van der Waals surface area contributed by atoms with Crippen LogP contribution in [0.5, 0.6) is 0 Å². The van der Waals surface area contributed by atoms with Crippen molar-refractivity contribution in [1.29, 1.82) is 0 Å². The third kappa shape index (κ3) is 2.81. The first kappa shape index (κ1) is 14.9. The summed E-state index contributed by atoms with van der Waals surface area (Å²) < 4.78 is 5.41. The summed E-state index contributed by atoms with van der Waals surface area (Å²) in [6.45, 7) is 0.177. The number of ether oxygens (including phenoxy) is 1. The highest BCUT2D eigenvalue weighted by molar-refractivity contribution is 7.16. The number of aromatic nitrogens is 2. The number of fused-ring (bicyclic) bond motifs is 1. The van der Waals surface area contributed by atoms with Crippen molar-refractivity contribution >= 4 is 39.2 Å². The molecule has 1 unspecified atom stereocenters. The summed E-state index contributed by atoms with van der Waals surface area (Å²) >= 11 is 1.29. The molecule has 4 N–H and O–H groups in total. The molecule has 1 saturated heterocycles. The number of hydrogen-bond acceptors (Lipinski definition) is 7. The molecule has 1 aliphatic heterocycles. The number of thiophene rings is 1. The highest BCUT2D eigenvalue weighted by Crippen LogP contribution is 2.32. The molecule has 0 saturated carbocycles. The molecule has 2 amide bonds. The molecule has 2 aromatic heterocycles. The van der Waals surface area contributed by atoms with E-state index in [0.29, 0.717) is 23.5 Å². The number of nitrogens with one attached hydrogen (secondary N) is 2. The second-order valence-corrected chi connectivity index (χ2v) is 5.59. The Labute approximate surface area is 129 Å². The zero-order valence-corrected chi connectivity index (χ0v) is 12.4. The Balaban J connectivity index is 1.89. The van der Waals surface area contributed by atoms with E-state index in [1.165, 1.54) is 22.7 Å². The van der Waals surface area contributed by atoms with Gasteiger partial charge in [-0.1, -0.05) is 0 Å². The average molecular weight is 325 g/mol. The van der Waals surface area contributed by atoms with E-state index in [9.17, 15) is 9.59 Å². The first-order valence-electron chi connectivity index (χ1n) is 6.68. The Morgan fingerprint density at radius 2 is 2.50 bits per heavy atom. The molecule has 10 heteroatoms. The van der Waals surface area contributed by atoms with Gasteiger partial charge < -0.3 is 9.72 Å². The lowest BCUT2D eigenvalue weighted by atomic mass is 10.2. The van der Waals surface area contributed by atoms with E-state index in [1.54, 1.807) is 0 Å². The molecule has 0 bridgehead atoms. The number of anilines is 1. The molecule has 0 radical (unpaired) electrons. The Hall–Kier alpha value is -2.01. The van der Waals surface area contributed by atoms with Crippen LogP contribution in [0, 0.1) is 0 Å². The maximum absolute atomic E-state index is 12.6. The molecular weight excluding hydrogens is 310 g/mol. The molecule has 1 aliphatic rings. The third-order valence-corrected chi connectivity index (χ3v) is 4.19. The Morgan fingerprint density at radius 1 is 1.64 bits per heavy atom. The van der Waals surface area contributed by atoms with Gasteiger partial charge in [0.2, 0.25) is 0 Å². The summed E-state index contributed by atoms with van der Waals surface area (Å²) in [7, 11) is 0. The van der Waals surface area contributed by atoms with Gasteiger partial charge in [-0.25, -0.2) is 15.9 Å². The van der Waals surface area contributed by atoms with Crippen LogP contribution in [-0.2, 0) is 19.2 Å². The van der Waals surface area contributed by atoms with Crippen molar-refractivity contribution in [1.82, 2.24) is 15.4 Å². The molecule has 9 nitrogen and oxygen atoms in total. The molecule has 0 aromatic carbocycles. The van der Waals surface area contributed by atoms with Gasteiger partial charge in [-0.3, -0.25) is 19.9 Å². The number of nitrogens with zero attached hydrogens (tertiary/aromatic N) is 2. The molecule has 2 aromatic rings. The van der Waals surface area contributed by atoms with Crippen LogP contribution >= 0.6 is 11.3 Å². The van der Waals surface area contributed by atoms with Crippen LogP contribution in [0.3, 0.4) is 0 Å². The van der Waals surface area contributed by atoms with Crippen LogP contribution in [0.15, 0.2) is 11.7 Å². The summed E-state index contributed by atoms with van der Waals surface area (Å²) in [5, 5.41) is 3.51. The summed E-state index contributed by atoms with van der Waals surface area (Å²) in [5.41, 5.74) is 3.88. The minimum absolute atomic E-state index is 0.338. The van der Waals surface area contributed by atoms with E-state index in [-0.39, 0.29) is 12.5 Å². The topological polar surface area (TPSA) is 123 Å². The van der Waals surface area contributed by atoms with Crippen molar-refractivity contribution in [3.05, 3.63) is 11.7 Å². The molecule has 1 fully saturated rings. The van der Waals surface area contributed by atoms with Gasteiger partial charge in [0.25, 0.3) is 11.8 Å². The number of H-pyrrole nitrogens is 1.